The molecule has 0 aliphatic heterocycles. The highest BCUT2D eigenvalue weighted by Gasteiger charge is 2.25. The van der Waals surface area contributed by atoms with E-state index in [1.54, 1.807) is 10.4 Å². The largest absolute Gasteiger partial charge is 0.330 e. The van der Waals surface area contributed by atoms with E-state index >= 15 is 0 Å². The Balaban J connectivity index is 2.92. The summed E-state index contributed by atoms with van der Waals surface area (Å²) < 4.78 is 27.1. The summed E-state index contributed by atoms with van der Waals surface area (Å²) in [6.07, 6.45) is 1.71. The lowest BCUT2D eigenvalue weighted by Crippen LogP contribution is -2.34. The summed E-state index contributed by atoms with van der Waals surface area (Å²) in [6.45, 7) is 7.68. The maximum absolute atomic E-state index is 12.5. The number of rotatable bonds is 8. The van der Waals surface area contributed by atoms with Gasteiger partial charge in [-0.05, 0) is 31.0 Å². The van der Waals surface area contributed by atoms with Crippen molar-refractivity contribution in [2.75, 3.05) is 19.6 Å². The van der Waals surface area contributed by atoms with Gasteiger partial charge in [-0.2, -0.15) is 4.31 Å². The zero-order chi connectivity index (χ0) is 14.5. The number of sulfonamides is 1. The lowest BCUT2D eigenvalue weighted by molar-refractivity contribution is 0.362. The van der Waals surface area contributed by atoms with Gasteiger partial charge in [0.2, 0.25) is 0 Å². The molecule has 0 amide bonds. The first-order chi connectivity index (χ1) is 8.95. The first-order valence-electron chi connectivity index (χ1n) is 6.74. The topological polar surface area (TPSA) is 63.4 Å². The van der Waals surface area contributed by atoms with Gasteiger partial charge >= 0.3 is 0 Å². The van der Waals surface area contributed by atoms with E-state index in [0.717, 1.165) is 17.7 Å². The Hall–Kier alpha value is -0.430. The van der Waals surface area contributed by atoms with E-state index in [1.165, 1.54) is 11.3 Å². The molecule has 110 valence electrons. The van der Waals surface area contributed by atoms with Crippen molar-refractivity contribution in [1.82, 2.24) is 4.31 Å². The first kappa shape index (κ1) is 16.6. The predicted molar refractivity (Wildman–Crippen MR) is 81.0 cm³/mol. The van der Waals surface area contributed by atoms with Crippen molar-refractivity contribution in [2.45, 2.75) is 37.8 Å². The van der Waals surface area contributed by atoms with Crippen LogP contribution in [-0.2, 0) is 16.4 Å². The molecular formula is C13H24N2O2S2. The maximum Gasteiger partial charge on any atom is 0.252 e. The van der Waals surface area contributed by atoms with Crippen molar-refractivity contribution in [3.8, 4) is 0 Å². The van der Waals surface area contributed by atoms with Crippen molar-refractivity contribution >= 4 is 21.4 Å². The van der Waals surface area contributed by atoms with Gasteiger partial charge in [-0.25, -0.2) is 8.42 Å². The van der Waals surface area contributed by atoms with Crippen molar-refractivity contribution in [1.29, 1.82) is 0 Å². The van der Waals surface area contributed by atoms with Crippen molar-refractivity contribution in [3.05, 3.63) is 17.0 Å². The molecule has 0 aromatic carbocycles. The molecular weight excluding hydrogens is 280 g/mol. The van der Waals surface area contributed by atoms with Crippen molar-refractivity contribution < 1.29 is 8.42 Å². The summed E-state index contributed by atoms with van der Waals surface area (Å²) in [5.41, 5.74) is 5.50. The monoisotopic (exact) mass is 304 g/mol. The third-order valence-corrected chi connectivity index (χ3v) is 6.74. The minimum Gasteiger partial charge on any atom is -0.330 e. The molecule has 0 fully saturated rings. The highest BCUT2D eigenvalue weighted by molar-refractivity contribution is 7.91. The van der Waals surface area contributed by atoms with Gasteiger partial charge < -0.3 is 5.73 Å². The van der Waals surface area contributed by atoms with E-state index in [1.807, 2.05) is 13.0 Å². The lowest BCUT2D eigenvalue weighted by Gasteiger charge is -2.22. The van der Waals surface area contributed by atoms with Crippen LogP contribution < -0.4 is 5.73 Å². The third kappa shape index (κ3) is 4.27. The Bertz CT molecular complexity index is 483. The summed E-state index contributed by atoms with van der Waals surface area (Å²) in [7, 11) is -3.34. The van der Waals surface area contributed by atoms with Gasteiger partial charge in [-0.1, -0.05) is 27.2 Å². The fourth-order valence-corrected chi connectivity index (χ4v) is 4.87. The Morgan fingerprint density at radius 3 is 2.58 bits per heavy atom. The van der Waals surface area contributed by atoms with Gasteiger partial charge in [0, 0.05) is 18.0 Å². The minimum absolute atomic E-state index is 0.373. The van der Waals surface area contributed by atoms with Crippen molar-refractivity contribution in [3.63, 3.8) is 0 Å². The van der Waals surface area contributed by atoms with Crippen LogP contribution in [0.5, 0.6) is 0 Å². The summed E-state index contributed by atoms with van der Waals surface area (Å²) in [5.74, 6) is 0.373. The minimum atomic E-state index is -3.34. The van der Waals surface area contributed by atoms with E-state index in [0.29, 0.717) is 29.8 Å². The van der Waals surface area contributed by atoms with Crippen LogP contribution in [0.15, 0.2) is 16.3 Å². The molecule has 1 unspecified atom stereocenters. The van der Waals surface area contributed by atoms with E-state index in [2.05, 4.69) is 13.8 Å². The van der Waals surface area contributed by atoms with E-state index < -0.39 is 10.0 Å². The van der Waals surface area contributed by atoms with E-state index in [-0.39, 0.29) is 0 Å². The lowest BCUT2D eigenvalue weighted by atomic mass is 10.1. The highest BCUT2D eigenvalue weighted by atomic mass is 32.2. The van der Waals surface area contributed by atoms with E-state index in [9.17, 15) is 8.42 Å². The molecule has 0 aliphatic rings. The quantitative estimate of drug-likeness (QED) is 0.801. The van der Waals surface area contributed by atoms with Gasteiger partial charge in [0.05, 0.1) is 0 Å². The molecule has 6 heteroatoms. The predicted octanol–water partition coefficient (Wildman–Crippen LogP) is 2.31. The summed E-state index contributed by atoms with van der Waals surface area (Å²) in [5, 5.41) is 0. The van der Waals surface area contributed by atoms with Gasteiger partial charge in [0.15, 0.2) is 0 Å². The smallest absolute Gasteiger partial charge is 0.252 e. The molecule has 0 radical (unpaired) electrons. The van der Waals surface area contributed by atoms with Crippen LogP contribution in [0, 0.1) is 5.92 Å². The fourth-order valence-electron chi connectivity index (χ4n) is 1.77. The Labute approximate surface area is 120 Å². The van der Waals surface area contributed by atoms with Crippen LogP contribution in [0.25, 0.3) is 0 Å². The molecule has 0 bridgehead atoms. The van der Waals surface area contributed by atoms with Gasteiger partial charge in [0.25, 0.3) is 10.0 Å². The molecule has 1 rings (SSSR count). The summed E-state index contributed by atoms with van der Waals surface area (Å²) >= 11 is 1.33. The van der Waals surface area contributed by atoms with Crippen LogP contribution in [0.2, 0.25) is 0 Å². The number of thiophene rings is 1. The SMILES string of the molecule is CCC(C)CN(CC)S(=O)(=O)c1ccc(CCN)s1. The molecule has 4 nitrogen and oxygen atoms in total. The Morgan fingerprint density at radius 2 is 2.05 bits per heavy atom. The highest BCUT2D eigenvalue weighted by Crippen LogP contribution is 2.25. The second kappa shape index (κ2) is 7.38. The molecule has 1 aromatic heterocycles. The molecule has 1 heterocycles. The van der Waals surface area contributed by atoms with Crippen LogP contribution in [0.4, 0.5) is 0 Å². The zero-order valence-corrected chi connectivity index (χ0v) is 13.6. The fraction of sp³-hybridized carbons (Fsp3) is 0.692. The maximum atomic E-state index is 12.5. The number of hydrogen-bond donors (Lipinski definition) is 1. The molecule has 2 N–H and O–H groups in total. The standard InChI is InChI=1S/C13H24N2O2S2/c1-4-11(3)10-15(5-2)19(16,17)13-7-6-12(18-13)8-9-14/h6-7,11H,4-5,8-10,14H2,1-3H3. The summed E-state index contributed by atoms with van der Waals surface area (Å²) in [6, 6.07) is 3.56. The van der Waals surface area contributed by atoms with Crippen LogP contribution >= 0.6 is 11.3 Å². The average Bonchev–Trinajstić information content (AvgIpc) is 2.85. The molecule has 0 saturated carbocycles. The van der Waals surface area contributed by atoms with Gasteiger partial charge in [0.1, 0.15) is 4.21 Å². The van der Waals surface area contributed by atoms with Gasteiger partial charge in [-0.3, -0.25) is 0 Å². The molecule has 0 spiro atoms. The second-order valence-corrected chi connectivity index (χ2v) is 8.06. The second-order valence-electron chi connectivity index (χ2n) is 4.73. The number of hydrogen-bond acceptors (Lipinski definition) is 4. The normalized spacial score (nSPS) is 13.9. The van der Waals surface area contributed by atoms with Crippen LogP contribution in [-0.4, -0.2) is 32.4 Å². The third-order valence-electron chi connectivity index (χ3n) is 3.19. The molecule has 0 saturated heterocycles. The number of nitrogens with two attached hydrogens (primary N) is 1. The average molecular weight is 304 g/mol. The Kier molecular flexibility index (Phi) is 6.46. The van der Waals surface area contributed by atoms with Crippen LogP contribution in [0.1, 0.15) is 32.1 Å². The molecule has 1 atom stereocenters. The Morgan fingerprint density at radius 1 is 1.37 bits per heavy atom. The number of nitrogens with zero attached hydrogens (tertiary/aromatic N) is 1. The van der Waals surface area contributed by atoms with Crippen molar-refractivity contribution in [2.24, 2.45) is 11.7 Å². The molecule has 1 aromatic rings. The van der Waals surface area contributed by atoms with Gasteiger partial charge in [-0.15, -0.1) is 11.3 Å². The molecule has 0 aliphatic carbocycles. The summed E-state index contributed by atoms with van der Waals surface area (Å²) in [4.78, 5) is 1.03. The molecule has 19 heavy (non-hydrogen) atoms. The van der Waals surface area contributed by atoms with Crippen LogP contribution in [0.3, 0.4) is 0 Å². The zero-order valence-electron chi connectivity index (χ0n) is 11.9. The first-order valence-corrected chi connectivity index (χ1v) is 9.00. The van der Waals surface area contributed by atoms with E-state index in [4.69, 9.17) is 5.73 Å².